The van der Waals surface area contributed by atoms with Gasteiger partial charge < -0.3 is 15.0 Å². The SMILES string of the molecule is CCC(NCc1cccc(Cl)c1)c1ccccc1OCC(=O)N1CCCC1. The number of rotatable bonds is 8. The fourth-order valence-electron chi connectivity index (χ4n) is 3.46. The Labute approximate surface area is 166 Å². The van der Waals surface area contributed by atoms with E-state index in [4.69, 9.17) is 16.3 Å². The van der Waals surface area contributed by atoms with Crippen LogP contribution < -0.4 is 10.1 Å². The van der Waals surface area contributed by atoms with Crippen molar-refractivity contribution in [2.45, 2.75) is 38.8 Å². The molecular weight excluding hydrogens is 360 g/mol. The lowest BCUT2D eigenvalue weighted by molar-refractivity contribution is -0.132. The van der Waals surface area contributed by atoms with Gasteiger partial charge in [0.25, 0.3) is 5.91 Å². The molecule has 1 heterocycles. The fourth-order valence-corrected chi connectivity index (χ4v) is 3.67. The maximum Gasteiger partial charge on any atom is 0.260 e. The number of para-hydroxylation sites is 1. The first-order valence-corrected chi connectivity index (χ1v) is 10.0. The first-order chi connectivity index (χ1) is 13.2. The Morgan fingerprint density at radius 2 is 1.96 bits per heavy atom. The Bertz CT molecular complexity index is 759. The van der Waals surface area contributed by atoms with Crippen LogP contribution in [0.1, 0.15) is 43.4 Å². The molecule has 0 saturated carbocycles. The molecule has 0 spiro atoms. The van der Waals surface area contributed by atoms with Gasteiger partial charge in [0.2, 0.25) is 0 Å². The van der Waals surface area contributed by atoms with Crippen LogP contribution in [0.25, 0.3) is 0 Å². The average molecular weight is 387 g/mol. The minimum Gasteiger partial charge on any atom is -0.483 e. The molecule has 144 valence electrons. The fraction of sp³-hybridized carbons (Fsp3) is 0.409. The van der Waals surface area contributed by atoms with Gasteiger partial charge in [0, 0.05) is 36.3 Å². The number of benzene rings is 2. The molecular formula is C22H27ClN2O2. The second-order valence-corrected chi connectivity index (χ2v) is 7.32. The van der Waals surface area contributed by atoms with Crippen molar-refractivity contribution in [3.63, 3.8) is 0 Å². The van der Waals surface area contributed by atoms with Crippen LogP contribution in [0.15, 0.2) is 48.5 Å². The molecule has 3 rings (SSSR count). The predicted octanol–water partition coefficient (Wildman–Crippen LogP) is 4.58. The largest absolute Gasteiger partial charge is 0.483 e. The molecule has 1 unspecified atom stereocenters. The summed E-state index contributed by atoms with van der Waals surface area (Å²) >= 11 is 6.08. The van der Waals surface area contributed by atoms with E-state index in [1.165, 1.54) is 0 Å². The lowest BCUT2D eigenvalue weighted by atomic mass is 10.0. The summed E-state index contributed by atoms with van der Waals surface area (Å²) < 4.78 is 5.91. The van der Waals surface area contributed by atoms with Gasteiger partial charge in [-0.25, -0.2) is 0 Å². The van der Waals surface area contributed by atoms with E-state index in [2.05, 4.69) is 24.4 Å². The second-order valence-electron chi connectivity index (χ2n) is 6.89. The summed E-state index contributed by atoms with van der Waals surface area (Å²) in [5, 5.41) is 4.32. The van der Waals surface area contributed by atoms with Crippen molar-refractivity contribution in [1.29, 1.82) is 0 Å². The van der Waals surface area contributed by atoms with Gasteiger partial charge in [0.1, 0.15) is 5.75 Å². The predicted molar refractivity (Wildman–Crippen MR) is 109 cm³/mol. The van der Waals surface area contributed by atoms with Crippen molar-refractivity contribution >= 4 is 17.5 Å². The number of amides is 1. The smallest absolute Gasteiger partial charge is 0.260 e. The molecule has 2 aromatic rings. The molecule has 4 nitrogen and oxygen atoms in total. The van der Waals surface area contributed by atoms with Crippen molar-refractivity contribution in [3.8, 4) is 5.75 Å². The molecule has 1 fully saturated rings. The molecule has 2 aromatic carbocycles. The van der Waals surface area contributed by atoms with Gasteiger partial charge >= 0.3 is 0 Å². The molecule has 0 bridgehead atoms. The lowest BCUT2D eigenvalue weighted by Crippen LogP contribution is -2.32. The molecule has 1 aliphatic rings. The van der Waals surface area contributed by atoms with Crippen molar-refractivity contribution < 1.29 is 9.53 Å². The van der Waals surface area contributed by atoms with E-state index >= 15 is 0 Å². The van der Waals surface area contributed by atoms with Crippen LogP contribution in [0.2, 0.25) is 5.02 Å². The van der Waals surface area contributed by atoms with E-state index in [1.54, 1.807) is 0 Å². The van der Waals surface area contributed by atoms with E-state index in [0.717, 1.165) is 60.8 Å². The third-order valence-electron chi connectivity index (χ3n) is 4.95. The Hall–Kier alpha value is -2.04. The second kappa shape index (κ2) is 9.77. The number of nitrogens with one attached hydrogen (secondary N) is 1. The lowest BCUT2D eigenvalue weighted by Gasteiger charge is -2.22. The quantitative estimate of drug-likeness (QED) is 0.721. The van der Waals surface area contributed by atoms with Crippen molar-refractivity contribution in [2.75, 3.05) is 19.7 Å². The van der Waals surface area contributed by atoms with E-state index in [9.17, 15) is 4.79 Å². The molecule has 1 saturated heterocycles. The Balaban J connectivity index is 1.64. The van der Waals surface area contributed by atoms with Gasteiger partial charge in [-0.05, 0) is 43.0 Å². The normalized spacial score (nSPS) is 15.0. The summed E-state index contributed by atoms with van der Waals surface area (Å²) in [5.41, 5.74) is 2.22. The van der Waals surface area contributed by atoms with E-state index < -0.39 is 0 Å². The number of hydrogen-bond donors (Lipinski definition) is 1. The highest BCUT2D eigenvalue weighted by atomic mass is 35.5. The zero-order valence-corrected chi connectivity index (χ0v) is 16.5. The summed E-state index contributed by atoms with van der Waals surface area (Å²) in [6, 6.07) is 16.0. The molecule has 0 radical (unpaired) electrons. The van der Waals surface area contributed by atoms with Crippen LogP contribution in [-0.4, -0.2) is 30.5 Å². The third kappa shape index (κ3) is 5.47. The number of ether oxygens (including phenoxy) is 1. The monoisotopic (exact) mass is 386 g/mol. The highest BCUT2D eigenvalue weighted by Gasteiger charge is 2.20. The van der Waals surface area contributed by atoms with E-state index in [-0.39, 0.29) is 18.6 Å². The molecule has 1 aliphatic heterocycles. The number of carbonyl (C=O) groups excluding carboxylic acids is 1. The van der Waals surface area contributed by atoms with Crippen LogP contribution in [-0.2, 0) is 11.3 Å². The zero-order valence-electron chi connectivity index (χ0n) is 15.8. The molecule has 5 heteroatoms. The minimum atomic E-state index is 0.0715. The highest BCUT2D eigenvalue weighted by molar-refractivity contribution is 6.30. The van der Waals surface area contributed by atoms with Crippen LogP contribution >= 0.6 is 11.6 Å². The Morgan fingerprint density at radius 1 is 1.19 bits per heavy atom. The average Bonchev–Trinajstić information content (AvgIpc) is 3.22. The molecule has 1 amide bonds. The van der Waals surface area contributed by atoms with Crippen LogP contribution in [0, 0.1) is 0 Å². The van der Waals surface area contributed by atoms with Gasteiger partial charge in [0.15, 0.2) is 6.61 Å². The summed E-state index contributed by atoms with van der Waals surface area (Å²) in [7, 11) is 0. The molecule has 1 N–H and O–H groups in total. The standard InChI is InChI=1S/C22H27ClN2O2/c1-2-20(24-15-17-8-7-9-18(23)14-17)19-10-3-4-11-21(19)27-16-22(26)25-12-5-6-13-25/h3-4,7-11,14,20,24H,2,5-6,12-13,15-16H2,1H3. The maximum absolute atomic E-state index is 12.3. The molecule has 0 aliphatic carbocycles. The number of carbonyl (C=O) groups is 1. The number of likely N-dealkylation sites (tertiary alicyclic amines) is 1. The summed E-state index contributed by atoms with van der Waals surface area (Å²) in [6.45, 7) is 4.66. The molecule has 1 atom stereocenters. The van der Waals surface area contributed by atoms with Crippen LogP contribution in [0.3, 0.4) is 0 Å². The Morgan fingerprint density at radius 3 is 2.70 bits per heavy atom. The van der Waals surface area contributed by atoms with Crippen molar-refractivity contribution in [1.82, 2.24) is 10.2 Å². The summed E-state index contributed by atoms with van der Waals surface area (Å²) in [4.78, 5) is 14.2. The highest BCUT2D eigenvalue weighted by Crippen LogP contribution is 2.28. The number of halogens is 1. The number of nitrogens with zero attached hydrogens (tertiary/aromatic N) is 1. The molecule has 0 aromatic heterocycles. The first-order valence-electron chi connectivity index (χ1n) is 9.64. The van der Waals surface area contributed by atoms with E-state index in [0.29, 0.717) is 0 Å². The van der Waals surface area contributed by atoms with Gasteiger partial charge in [-0.3, -0.25) is 4.79 Å². The van der Waals surface area contributed by atoms with Gasteiger partial charge in [-0.2, -0.15) is 0 Å². The van der Waals surface area contributed by atoms with Gasteiger partial charge in [-0.15, -0.1) is 0 Å². The van der Waals surface area contributed by atoms with Gasteiger partial charge in [-0.1, -0.05) is 48.9 Å². The maximum atomic E-state index is 12.3. The third-order valence-corrected chi connectivity index (χ3v) is 5.19. The van der Waals surface area contributed by atoms with Crippen molar-refractivity contribution in [3.05, 3.63) is 64.7 Å². The van der Waals surface area contributed by atoms with Crippen molar-refractivity contribution in [2.24, 2.45) is 0 Å². The first kappa shape index (κ1) is 19.7. The van der Waals surface area contributed by atoms with E-state index in [1.807, 2.05) is 41.3 Å². The minimum absolute atomic E-state index is 0.0715. The van der Waals surface area contributed by atoms with Crippen LogP contribution in [0.5, 0.6) is 5.75 Å². The van der Waals surface area contributed by atoms with Crippen LogP contribution in [0.4, 0.5) is 0 Å². The number of hydrogen-bond acceptors (Lipinski definition) is 3. The summed E-state index contributed by atoms with van der Waals surface area (Å²) in [6.07, 6.45) is 3.10. The summed E-state index contributed by atoms with van der Waals surface area (Å²) in [5.74, 6) is 0.845. The Kier molecular flexibility index (Phi) is 7.13. The van der Waals surface area contributed by atoms with Gasteiger partial charge in [0.05, 0.1) is 0 Å². The molecule has 27 heavy (non-hydrogen) atoms. The zero-order chi connectivity index (χ0) is 19.1. The topological polar surface area (TPSA) is 41.6 Å².